The molecule has 144 valence electrons. The van der Waals surface area contributed by atoms with Crippen molar-refractivity contribution < 1.29 is 27.8 Å². The van der Waals surface area contributed by atoms with Crippen LogP contribution in [0.15, 0.2) is 42.5 Å². The van der Waals surface area contributed by atoms with Crippen LogP contribution in [0.2, 0.25) is 0 Å². The highest BCUT2D eigenvalue weighted by atomic mass is 19.1. The molecular weight excluding hydrogens is 356 g/mol. The van der Waals surface area contributed by atoms with Gasteiger partial charge >= 0.3 is 0 Å². The largest absolute Gasteiger partial charge is 0.493 e. The number of benzene rings is 2. The highest BCUT2D eigenvalue weighted by Gasteiger charge is 2.25. The SMILES string of the molecule is COc1ccccc1OC1CCN(C(=O)COc2ccc(F)cc2F)CC1. The predicted octanol–water partition coefficient (Wildman–Crippen LogP) is 3.42. The van der Waals surface area contributed by atoms with Crippen molar-refractivity contribution in [1.82, 2.24) is 4.90 Å². The van der Waals surface area contributed by atoms with Gasteiger partial charge in [-0.3, -0.25) is 4.79 Å². The summed E-state index contributed by atoms with van der Waals surface area (Å²) >= 11 is 0. The van der Waals surface area contributed by atoms with Gasteiger partial charge in [-0.1, -0.05) is 12.1 Å². The van der Waals surface area contributed by atoms with Gasteiger partial charge < -0.3 is 19.1 Å². The summed E-state index contributed by atoms with van der Waals surface area (Å²) in [6.07, 6.45) is 1.34. The summed E-state index contributed by atoms with van der Waals surface area (Å²) in [6, 6.07) is 10.4. The Kier molecular flexibility index (Phi) is 6.11. The average molecular weight is 377 g/mol. The Balaban J connectivity index is 1.47. The van der Waals surface area contributed by atoms with Crippen molar-refractivity contribution in [2.24, 2.45) is 0 Å². The minimum atomic E-state index is -0.827. The highest BCUT2D eigenvalue weighted by Crippen LogP contribution is 2.29. The smallest absolute Gasteiger partial charge is 0.260 e. The molecule has 0 unspecified atom stereocenters. The zero-order chi connectivity index (χ0) is 19.2. The number of para-hydroxylation sites is 2. The lowest BCUT2D eigenvalue weighted by atomic mass is 10.1. The second kappa shape index (κ2) is 8.70. The molecule has 1 fully saturated rings. The molecule has 0 spiro atoms. The molecule has 0 N–H and O–H groups in total. The van der Waals surface area contributed by atoms with Crippen LogP contribution >= 0.6 is 0 Å². The maximum absolute atomic E-state index is 13.5. The number of hydrogen-bond acceptors (Lipinski definition) is 4. The number of methoxy groups -OCH3 is 1. The van der Waals surface area contributed by atoms with E-state index in [1.807, 2.05) is 24.3 Å². The zero-order valence-electron chi connectivity index (χ0n) is 15.0. The summed E-state index contributed by atoms with van der Waals surface area (Å²) in [5, 5.41) is 0. The van der Waals surface area contributed by atoms with E-state index < -0.39 is 11.6 Å². The molecule has 0 aliphatic carbocycles. The molecule has 27 heavy (non-hydrogen) atoms. The maximum Gasteiger partial charge on any atom is 0.260 e. The van der Waals surface area contributed by atoms with Gasteiger partial charge in [0.15, 0.2) is 29.7 Å². The molecule has 1 aliphatic rings. The topological polar surface area (TPSA) is 48.0 Å². The molecule has 7 heteroatoms. The summed E-state index contributed by atoms with van der Waals surface area (Å²) in [5.74, 6) is -0.547. The van der Waals surface area contributed by atoms with Gasteiger partial charge in [-0.05, 0) is 24.3 Å². The molecule has 5 nitrogen and oxygen atoms in total. The molecule has 3 rings (SSSR count). The second-order valence-electron chi connectivity index (χ2n) is 6.21. The van der Waals surface area contributed by atoms with Crippen molar-refractivity contribution in [2.75, 3.05) is 26.8 Å². The first kappa shape index (κ1) is 18.9. The summed E-state index contributed by atoms with van der Waals surface area (Å²) in [4.78, 5) is 13.9. The first-order chi connectivity index (χ1) is 13.1. The van der Waals surface area contributed by atoms with E-state index in [0.29, 0.717) is 37.4 Å². The summed E-state index contributed by atoms with van der Waals surface area (Å²) in [6.45, 7) is 0.752. The van der Waals surface area contributed by atoms with Gasteiger partial charge in [0.05, 0.1) is 7.11 Å². The number of amides is 1. The van der Waals surface area contributed by atoms with Crippen molar-refractivity contribution in [1.29, 1.82) is 0 Å². The van der Waals surface area contributed by atoms with Gasteiger partial charge in [-0.15, -0.1) is 0 Å². The molecule has 0 radical (unpaired) electrons. The first-order valence-electron chi connectivity index (χ1n) is 8.72. The quantitative estimate of drug-likeness (QED) is 0.774. The fourth-order valence-electron chi connectivity index (χ4n) is 2.94. The highest BCUT2D eigenvalue weighted by molar-refractivity contribution is 5.77. The van der Waals surface area contributed by atoms with Crippen LogP contribution < -0.4 is 14.2 Å². The van der Waals surface area contributed by atoms with Crippen LogP contribution in [0, 0.1) is 11.6 Å². The monoisotopic (exact) mass is 377 g/mol. The summed E-state index contributed by atoms with van der Waals surface area (Å²) in [7, 11) is 1.59. The molecule has 0 atom stereocenters. The second-order valence-corrected chi connectivity index (χ2v) is 6.21. The minimum Gasteiger partial charge on any atom is -0.493 e. The van der Waals surface area contributed by atoms with E-state index >= 15 is 0 Å². The molecule has 1 saturated heterocycles. The van der Waals surface area contributed by atoms with E-state index in [4.69, 9.17) is 14.2 Å². The number of carbonyl (C=O) groups is 1. The van der Waals surface area contributed by atoms with Crippen LogP contribution in [0.1, 0.15) is 12.8 Å². The van der Waals surface area contributed by atoms with Crippen LogP contribution in [0.4, 0.5) is 8.78 Å². The molecule has 2 aromatic rings. The zero-order valence-corrected chi connectivity index (χ0v) is 15.0. The molecule has 0 aromatic heterocycles. The summed E-state index contributed by atoms with van der Waals surface area (Å²) < 4.78 is 42.9. The van der Waals surface area contributed by atoms with Gasteiger partial charge in [-0.25, -0.2) is 8.78 Å². The minimum absolute atomic E-state index is 0.0131. The standard InChI is InChI=1S/C20H21F2NO4/c1-25-18-4-2-3-5-19(18)27-15-8-10-23(11-9-15)20(24)13-26-17-7-6-14(21)12-16(17)22/h2-7,12,15H,8-11,13H2,1H3. The van der Waals surface area contributed by atoms with Crippen LogP contribution in [0.3, 0.4) is 0 Å². The molecule has 1 aliphatic heterocycles. The third kappa shape index (κ3) is 4.87. The average Bonchev–Trinajstić information content (AvgIpc) is 2.68. The Morgan fingerprint density at radius 2 is 1.78 bits per heavy atom. The number of ether oxygens (including phenoxy) is 3. The van der Waals surface area contributed by atoms with E-state index in [-0.39, 0.29) is 24.4 Å². The molecule has 0 saturated carbocycles. The van der Waals surface area contributed by atoms with Gasteiger partial charge in [0.2, 0.25) is 0 Å². The van der Waals surface area contributed by atoms with Crippen molar-refractivity contribution in [3.05, 3.63) is 54.1 Å². The normalized spacial score (nSPS) is 14.7. The Morgan fingerprint density at radius 3 is 2.44 bits per heavy atom. The van der Waals surface area contributed by atoms with Gasteiger partial charge in [0.25, 0.3) is 5.91 Å². The molecule has 1 amide bonds. The van der Waals surface area contributed by atoms with Crippen LogP contribution in [-0.4, -0.2) is 43.7 Å². The lowest BCUT2D eigenvalue weighted by Crippen LogP contribution is -2.43. The Hall–Kier alpha value is -2.83. The van der Waals surface area contributed by atoms with Crippen molar-refractivity contribution in [3.63, 3.8) is 0 Å². The van der Waals surface area contributed by atoms with E-state index in [2.05, 4.69) is 0 Å². The molecule has 2 aromatic carbocycles. The van der Waals surface area contributed by atoms with Gasteiger partial charge in [0.1, 0.15) is 11.9 Å². The predicted molar refractivity (Wildman–Crippen MR) is 95.1 cm³/mol. The van der Waals surface area contributed by atoms with Crippen molar-refractivity contribution >= 4 is 5.91 Å². The molecular formula is C20H21F2NO4. The number of likely N-dealkylation sites (tertiary alicyclic amines) is 1. The number of hydrogen-bond donors (Lipinski definition) is 0. The first-order valence-corrected chi connectivity index (χ1v) is 8.72. The number of carbonyl (C=O) groups excluding carboxylic acids is 1. The number of piperidine rings is 1. The fraction of sp³-hybridized carbons (Fsp3) is 0.350. The van der Waals surface area contributed by atoms with Crippen molar-refractivity contribution in [3.8, 4) is 17.2 Å². The number of nitrogens with zero attached hydrogens (tertiary/aromatic N) is 1. The Morgan fingerprint density at radius 1 is 1.07 bits per heavy atom. The third-order valence-corrected chi connectivity index (χ3v) is 4.40. The number of halogens is 2. The van der Waals surface area contributed by atoms with Gasteiger partial charge in [-0.2, -0.15) is 0 Å². The van der Waals surface area contributed by atoms with Gasteiger partial charge in [0, 0.05) is 32.0 Å². The third-order valence-electron chi connectivity index (χ3n) is 4.40. The van der Waals surface area contributed by atoms with E-state index in [1.165, 1.54) is 6.07 Å². The number of rotatable bonds is 6. The van der Waals surface area contributed by atoms with Crippen LogP contribution in [-0.2, 0) is 4.79 Å². The lowest BCUT2D eigenvalue weighted by molar-refractivity contribution is -0.135. The van der Waals surface area contributed by atoms with Crippen LogP contribution in [0.5, 0.6) is 17.2 Å². The molecule has 1 heterocycles. The Labute approximate surface area is 156 Å². The van der Waals surface area contributed by atoms with E-state index in [0.717, 1.165) is 12.1 Å². The Bertz CT molecular complexity index is 791. The lowest BCUT2D eigenvalue weighted by Gasteiger charge is -2.32. The van der Waals surface area contributed by atoms with E-state index in [9.17, 15) is 13.6 Å². The summed E-state index contributed by atoms with van der Waals surface area (Å²) in [5.41, 5.74) is 0. The van der Waals surface area contributed by atoms with Crippen LogP contribution in [0.25, 0.3) is 0 Å². The van der Waals surface area contributed by atoms with E-state index in [1.54, 1.807) is 12.0 Å². The van der Waals surface area contributed by atoms with Crippen molar-refractivity contribution in [2.45, 2.75) is 18.9 Å². The molecule has 0 bridgehead atoms. The maximum atomic E-state index is 13.5. The fourth-order valence-corrected chi connectivity index (χ4v) is 2.94.